The lowest BCUT2D eigenvalue weighted by Crippen LogP contribution is -2.43. The highest BCUT2D eigenvalue weighted by Crippen LogP contribution is 2.41. The summed E-state index contributed by atoms with van der Waals surface area (Å²) in [5.74, 6) is 1.21. The molecule has 1 spiro atoms. The first-order valence-corrected chi connectivity index (χ1v) is 13.4. The third kappa shape index (κ3) is 6.67. The normalized spacial score (nSPS) is 18.6. The number of ether oxygens (including phenoxy) is 1. The van der Waals surface area contributed by atoms with Gasteiger partial charge in [0.1, 0.15) is 5.75 Å². The molecule has 1 N–H and O–H groups in total. The number of benzene rings is 2. The molecule has 1 unspecified atom stereocenters. The number of carbonyl (C=O) groups is 2. The lowest BCUT2D eigenvalue weighted by molar-refractivity contribution is -0.128. The third-order valence-electron chi connectivity index (χ3n) is 7.71. The van der Waals surface area contributed by atoms with Gasteiger partial charge in [-0.05, 0) is 68.0 Å². The molecule has 4 rings (SSSR count). The molecule has 36 heavy (non-hydrogen) atoms. The fourth-order valence-electron chi connectivity index (χ4n) is 5.45. The van der Waals surface area contributed by atoms with Crippen molar-refractivity contribution < 1.29 is 14.3 Å². The van der Waals surface area contributed by atoms with E-state index in [2.05, 4.69) is 34.5 Å². The molecule has 0 aliphatic carbocycles. The fourth-order valence-corrected chi connectivity index (χ4v) is 5.45. The van der Waals surface area contributed by atoms with Crippen molar-refractivity contribution in [2.75, 3.05) is 32.8 Å². The van der Waals surface area contributed by atoms with Crippen LogP contribution in [0.2, 0.25) is 0 Å². The first-order chi connectivity index (χ1) is 17.4. The summed E-state index contributed by atoms with van der Waals surface area (Å²) < 4.78 is 5.54. The highest BCUT2D eigenvalue weighted by atomic mass is 16.5. The Hall–Kier alpha value is -2.86. The van der Waals surface area contributed by atoms with E-state index in [4.69, 9.17) is 4.74 Å². The van der Waals surface area contributed by atoms with Crippen molar-refractivity contribution in [3.8, 4) is 5.75 Å². The van der Waals surface area contributed by atoms with Crippen LogP contribution in [0.5, 0.6) is 5.75 Å². The van der Waals surface area contributed by atoms with Crippen molar-refractivity contribution >= 4 is 11.8 Å². The second-order valence-corrected chi connectivity index (χ2v) is 10.8. The quantitative estimate of drug-likeness (QED) is 0.519. The largest absolute Gasteiger partial charge is 0.494 e. The van der Waals surface area contributed by atoms with Gasteiger partial charge in [0.25, 0.3) is 0 Å². The molecule has 2 aromatic rings. The molecule has 194 valence electrons. The first kappa shape index (κ1) is 26.2. The Morgan fingerprint density at radius 1 is 1.06 bits per heavy atom. The Balaban J connectivity index is 1.29. The number of carbonyl (C=O) groups excluding carboxylic acids is 2. The molecule has 2 fully saturated rings. The second-order valence-electron chi connectivity index (χ2n) is 10.8. The Morgan fingerprint density at radius 3 is 2.39 bits per heavy atom. The van der Waals surface area contributed by atoms with Crippen LogP contribution >= 0.6 is 0 Å². The maximum atomic E-state index is 12.9. The van der Waals surface area contributed by atoms with E-state index in [0.29, 0.717) is 19.6 Å². The van der Waals surface area contributed by atoms with Gasteiger partial charge in [0.05, 0.1) is 12.6 Å². The van der Waals surface area contributed by atoms with E-state index in [9.17, 15) is 9.59 Å². The van der Waals surface area contributed by atoms with E-state index in [1.165, 1.54) is 0 Å². The van der Waals surface area contributed by atoms with Gasteiger partial charge in [-0.25, -0.2) is 0 Å². The summed E-state index contributed by atoms with van der Waals surface area (Å²) in [6, 6.07) is 18.4. The Labute approximate surface area is 216 Å². The van der Waals surface area contributed by atoms with Gasteiger partial charge in [-0.3, -0.25) is 9.59 Å². The highest BCUT2D eigenvalue weighted by molar-refractivity contribution is 5.79. The van der Waals surface area contributed by atoms with Crippen molar-refractivity contribution in [3.63, 3.8) is 0 Å². The van der Waals surface area contributed by atoms with Crippen LogP contribution in [0.15, 0.2) is 54.6 Å². The van der Waals surface area contributed by atoms with Gasteiger partial charge in [-0.1, -0.05) is 56.3 Å². The molecule has 2 saturated heterocycles. The van der Waals surface area contributed by atoms with E-state index >= 15 is 0 Å². The fraction of sp³-hybridized carbons (Fsp3) is 0.533. The highest BCUT2D eigenvalue weighted by Gasteiger charge is 2.44. The Morgan fingerprint density at radius 2 is 1.75 bits per heavy atom. The third-order valence-corrected chi connectivity index (χ3v) is 7.71. The number of likely N-dealkylation sites (tertiary alicyclic amines) is 2. The number of nitrogens with zero attached hydrogens (tertiary/aromatic N) is 2. The number of nitrogens with one attached hydrogen (secondary N) is 1. The SMILES string of the molecule is CCOc1ccc(CN2CC3(CCN(CCC(NC(=O)C(C)C)c4ccccc4)CC3)CC2=O)cc1. The minimum atomic E-state index is -0.0310. The number of piperidine rings is 1. The molecule has 2 aromatic carbocycles. The van der Waals surface area contributed by atoms with Crippen molar-refractivity contribution in [2.45, 2.75) is 59.0 Å². The van der Waals surface area contributed by atoms with Crippen LogP contribution in [0.25, 0.3) is 0 Å². The molecule has 2 heterocycles. The van der Waals surface area contributed by atoms with E-state index in [-0.39, 0.29) is 29.2 Å². The average molecular weight is 492 g/mol. The van der Waals surface area contributed by atoms with Crippen LogP contribution in [0, 0.1) is 11.3 Å². The monoisotopic (exact) mass is 491 g/mol. The number of amides is 2. The molecule has 2 aliphatic heterocycles. The van der Waals surface area contributed by atoms with Crippen LogP contribution in [-0.2, 0) is 16.1 Å². The smallest absolute Gasteiger partial charge is 0.223 e. The Kier molecular flexibility index (Phi) is 8.68. The van der Waals surface area contributed by atoms with Crippen LogP contribution in [0.4, 0.5) is 0 Å². The van der Waals surface area contributed by atoms with E-state index < -0.39 is 0 Å². The van der Waals surface area contributed by atoms with Crippen molar-refractivity contribution in [2.24, 2.45) is 11.3 Å². The molecular formula is C30H41N3O3. The Bertz CT molecular complexity index is 998. The molecule has 6 heteroatoms. The second kappa shape index (κ2) is 11.9. The standard InChI is InChI=1S/C30H41N3O3/c1-4-36-26-12-10-24(11-13-26)21-33-22-30(20-28(33)34)15-18-32(19-16-30)17-14-27(31-29(35)23(2)3)25-8-6-5-7-9-25/h5-13,23,27H,4,14-22H2,1-3H3,(H,31,35). The summed E-state index contributed by atoms with van der Waals surface area (Å²) in [4.78, 5) is 29.8. The predicted octanol–water partition coefficient (Wildman–Crippen LogP) is 4.80. The summed E-state index contributed by atoms with van der Waals surface area (Å²) in [7, 11) is 0. The van der Waals surface area contributed by atoms with Gasteiger partial charge < -0.3 is 19.9 Å². The van der Waals surface area contributed by atoms with Gasteiger partial charge in [-0.2, -0.15) is 0 Å². The summed E-state index contributed by atoms with van der Waals surface area (Å²) in [6.45, 7) is 11.0. The van der Waals surface area contributed by atoms with E-state index in [1.807, 2.05) is 56.0 Å². The molecule has 2 aliphatic rings. The van der Waals surface area contributed by atoms with Crippen LogP contribution in [0.1, 0.15) is 63.6 Å². The molecular weight excluding hydrogens is 450 g/mol. The molecule has 0 saturated carbocycles. The minimum Gasteiger partial charge on any atom is -0.494 e. The number of rotatable bonds is 10. The van der Waals surface area contributed by atoms with Gasteiger partial charge in [0.15, 0.2) is 0 Å². The molecule has 0 radical (unpaired) electrons. The first-order valence-electron chi connectivity index (χ1n) is 13.4. The van der Waals surface area contributed by atoms with Gasteiger partial charge in [0.2, 0.25) is 11.8 Å². The molecule has 1 atom stereocenters. The zero-order valence-corrected chi connectivity index (χ0v) is 22.0. The lowest BCUT2D eigenvalue weighted by Gasteiger charge is -2.39. The molecule has 6 nitrogen and oxygen atoms in total. The van der Waals surface area contributed by atoms with Crippen molar-refractivity contribution in [3.05, 3.63) is 65.7 Å². The molecule has 0 bridgehead atoms. The summed E-state index contributed by atoms with van der Waals surface area (Å²) in [5.41, 5.74) is 2.41. The maximum absolute atomic E-state index is 12.9. The maximum Gasteiger partial charge on any atom is 0.223 e. The minimum absolute atomic E-state index is 0.0228. The van der Waals surface area contributed by atoms with Crippen molar-refractivity contribution in [1.82, 2.24) is 15.1 Å². The van der Waals surface area contributed by atoms with Gasteiger partial charge >= 0.3 is 0 Å². The lowest BCUT2D eigenvalue weighted by atomic mass is 9.77. The number of hydrogen-bond acceptors (Lipinski definition) is 4. The molecule has 0 aromatic heterocycles. The van der Waals surface area contributed by atoms with Crippen LogP contribution < -0.4 is 10.1 Å². The summed E-state index contributed by atoms with van der Waals surface area (Å²) in [6.07, 6.45) is 3.65. The molecule has 2 amide bonds. The van der Waals surface area contributed by atoms with Gasteiger partial charge in [0, 0.05) is 32.0 Å². The van der Waals surface area contributed by atoms with Crippen LogP contribution in [0.3, 0.4) is 0 Å². The zero-order valence-electron chi connectivity index (χ0n) is 22.0. The average Bonchev–Trinajstić information content (AvgIpc) is 3.18. The predicted molar refractivity (Wildman–Crippen MR) is 143 cm³/mol. The zero-order chi connectivity index (χ0) is 25.5. The van der Waals surface area contributed by atoms with Crippen molar-refractivity contribution in [1.29, 1.82) is 0 Å². The summed E-state index contributed by atoms with van der Waals surface area (Å²) in [5, 5.41) is 3.24. The summed E-state index contributed by atoms with van der Waals surface area (Å²) >= 11 is 0. The van der Waals surface area contributed by atoms with Crippen LogP contribution in [-0.4, -0.2) is 54.4 Å². The van der Waals surface area contributed by atoms with E-state index in [0.717, 1.165) is 62.3 Å². The number of hydrogen-bond donors (Lipinski definition) is 1. The van der Waals surface area contributed by atoms with E-state index in [1.54, 1.807) is 0 Å². The topological polar surface area (TPSA) is 61.9 Å². The van der Waals surface area contributed by atoms with Gasteiger partial charge in [-0.15, -0.1) is 0 Å².